The average Bonchev–Trinajstić information content (AvgIpc) is 2.65. The molecule has 0 spiro atoms. The molecule has 0 bridgehead atoms. The van der Waals surface area contributed by atoms with E-state index in [0.717, 1.165) is 5.56 Å². The SMILES string of the molecule is COc1ccc(/C=C/C(=O)Oc2ccc3c(c2)NC(=O)CO3)cc1OC. The number of benzene rings is 2. The highest BCUT2D eigenvalue weighted by Crippen LogP contribution is 2.31. The average molecular weight is 355 g/mol. The molecule has 26 heavy (non-hydrogen) atoms. The van der Waals surface area contributed by atoms with Gasteiger partial charge in [-0.1, -0.05) is 6.07 Å². The van der Waals surface area contributed by atoms with E-state index >= 15 is 0 Å². The molecule has 0 saturated carbocycles. The van der Waals surface area contributed by atoms with E-state index in [1.54, 1.807) is 43.5 Å². The van der Waals surface area contributed by atoms with Gasteiger partial charge in [-0.15, -0.1) is 0 Å². The summed E-state index contributed by atoms with van der Waals surface area (Å²) in [6.07, 6.45) is 2.91. The van der Waals surface area contributed by atoms with Crippen LogP contribution in [0.1, 0.15) is 5.56 Å². The summed E-state index contributed by atoms with van der Waals surface area (Å²) in [5.74, 6) is 1.19. The van der Waals surface area contributed by atoms with Crippen molar-refractivity contribution in [3.8, 4) is 23.0 Å². The van der Waals surface area contributed by atoms with Gasteiger partial charge in [0.1, 0.15) is 11.5 Å². The van der Waals surface area contributed by atoms with Crippen LogP contribution in [0, 0.1) is 0 Å². The van der Waals surface area contributed by atoms with Crippen LogP contribution >= 0.6 is 0 Å². The van der Waals surface area contributed by atoms with Crippen LogP contribution in [-0.4, -0.2) is 32.7 Å². The Hall–Kier alpha value is -3.48. The summed E-state index contributed by atoms with van der Waals surface area (Å²) in [5.41, 5.74) is 1.22. The molecule has 0 radical (unpaired) electrons. The first-order chi connectivity index (χ1) is 12.6. The summed E-state index contributed by atoms with van der Waals surface area (Å²) in [7, 11) is 3.09. The molecule has 3 rings (SSSR count). The Balaban J connectivity index is 1.68. The molecule has 0 aliphatic carbocycles. The molecule has 0 unspecified atom stereocenters. The number of amides is 1. The van der Waals surface area contributed by atoms with E-state index in [-0.39, 0.29) is 12.5 Å². The van der Waals surface area contributed by atoms with E-state index in [1.807, 2.05) is 0 Å². The number of hydrogen-bond acceptors (Lipinski definition) is 6. The molecule has 0 atom stereocenters. The molecular formula is C19H17NO6. The number of hydrogen-bond donors (Lipinski definition) is 1. The first kappa shape index (κ1) is 17.3. The fourth-order valence-electron chi connectivity index (χ4n) is 2.40. The topological polar surface area (TPSA) is 83.1 Å². The van der Waals surface area contributed by atoms with Gasteiger partial charge in [0.2, 0.25) is 0 Å². The lowest BCUT2D eigenvalue weighted by Gasteiger charge is -2.18. The summed E-state index contributed by atoms with van der Waals surface area (Å²) >= 11 is 0. The van der Waals surface area contributed by atoms with Crippen LogP contribution in [0.5, 0.6) is 23.0 Å². The van der Waals surface area contributed by atoms with Crippen LogP contribution in [0.15, 0.2) is 42.5 Å². The van der Waals surface area contributed by atoms with Gasteiger partial charge in [-0.25, -0.2) is 4.79 Å². The van der Waals surface area contributed by atoms with Gasteiger partial charge < -0.3 is 24.3 Å². The molecule has 1 heterocycles. The Kier molecular flexibility index (Phi) is 5.07. The number of fused-ring (bicyclic) bond motifs is 1. The molecular weight excluding hydrogens is 338 g/mol. The second kappa shape index (κ2) is 7.60. The van der Waals surface area contributed by atoms with Crippen LogP contribution in [0.3, 0.4) is 0 Å². The van der Waals surface area contributed by atoms with Gasteiger partial charge >= 0.3 is 5.97 Å². The van der Waals surface area contributed by atoms with Crippen molar-refractivity contribution in [1.82, 2.24) is 0 Å². The quantitative estimate of drug-likeness (QED) is 0.504. The van der Waals surface area contributed by atoms with Crippen molar-refractivity contribution >= 4 is 23.6 Å². The summed E-state index contributed by atoms with van der Waals surface area (Å²) in [5, 5.41) is 2.66. The van der Waals surface area contributed by atoms with Crippen molar-refractivity contribution in [3.05, 3.63) is 48.0 Å². The highest BCUT2D eigenvalue weighted by molar-refractivity contribution is 5.96. The Labute approximate surface area is 150 Å². The molecule has 2 aromatic rings. The molecule has 7 heteroatoms. The van der Waals surface area contributed by atoms with E-state index < -0.39 is 5.97 Å². The van der Waals surface area contributed by atoms with E-state index in [1.165, 1.54) is 19.3 Å². The number of nitrogens with one attached hydrogen (secondary N) is 1. The van der Waals surface area contributed by atoms with E-state index in [0.29, 0.717) is 28.7 Å². The summed E-state index contributed by atoms with van der Waals surface area (Å²) in [6, 6.07) is 10.0. The van der Waals surface area contributed by atoms with Crippen LogP contribution in [-0.2, 0) is 9.59 Å². The van der Waals surface area contributed by atoms with Crippen LogP contribution < -0.4 is 24.3 Å². The zero-order chi connectivity index (χ0) is 18.5. The lowest BCUT2D eigenvalue weighted by Crippen LogP contribution is -2.25. The molecule has 0 fully saturated rings. The van der Waals surface area contributed by atoms with Crippen molar-refractivity contribution < 1.29 is 28.5 Å². The number of rotatable bonds is 5. The van der Waals surface area contributed by atoms with E-state index in [9.17, 15) is 9.59 Å². The van der Waals surface area contributed by atoms with Crippen LogP contribution in [0.2, 0.25) is 0 Å². The minimum atomic E-state index is -0.553. The maximum Gasteiger partial charge on any atom is 0.336 e. The number of anilines is 1. The Morgan fingerprint density at radius 2 is 1.92 bits per heavy atom. The van der Waals surface area contributed by atoms with Gasteiger partial charge in [-0.2, -0.15) is 0 Å². The second-order valence-electron chi connectivity index (χ2n) is 5.36. The lowest BCUT2D eigenvalue weighted by atomic mass is 10.2. The minimum Gasteiger partial charge on any atom is -0.493 e. The number of carbonyl (C=O) groups is 2. The molecule has 1 aliphatic heterocycles. The highest BCUT2D eigenvalue weighted by Gasteiger charge is 2.16. The number of esters is 1. The van der Waals surface area contributed by atoms with Gasteiger partial charge in [0.15, 0.2) is 18.1 Å². The third-order valence-electron chi connectivity index (χ3n) is 3.62. The molecule has 1 amide bonds. The van der Waals surface area contributed by atoms with Crippen molar-refractivity contribution in [2.45, 2.75) is 0 Å². The smallest absolute Gasteiger partial charge is 0.336 e. The predicted octanol–water partition coefficient (Wildman–Crippen LogP) is 2.65. The Morgan fingerprint density at radius 3 is 2.69 bits per heavy atom. The molecule has 0 aromatic heterocycles. The Morgan fingerprint density at radius 1 is 1.12 bits per heavy atom. The highest BCUT2D eigenvalue weighted by atomic mass is 16.5. The Bertz CT molecular complexity index is 874. The molecule has 1 N–H and O–H groups in total. The van der Waals surface area contributed by atoms with Gasteiger partial charge in [0.25, 0.3) is 5.91 Å². The predicted molar refractivity (Wildman–Crippen MR) is 94.8 cm³/mol. The third-order valence-corrected chi connectivity index (χ3v) is 3.62. The fourth-order valence-corrected chi connectivity index (χ4v) is 2.40. The third kappa shape index (κ3) is 3.94. The van der Waals surface area contributed by atoms with Crippen molar-refractivity contribution in [2.75, 3.05) is 26.1 Å². The standard InChI is InChI=1S/C19H17NO6/c1-23-16-6-3-12(9-17(16)24-2)4-8-19(22)26-13-5-7-15-14(10-13)20-18(21)11-25-15/h3-10H,11H2,1-2H3,(H,20,21)/b8-4+. The van der Waals surface area contributed by atoms with Crippen LogP contribution in [0.25, 0.3) is 6.08 Å². The van der Waals surface area contributed by atoms with Crippen molar-refractivity contribution in [3.63, 3.8) is 0 Å². The molecule has 2 aromatic carbocycles. The molecule has 7 nitrogen and oxygen atoms in total. The minimum absolute atomic E-state index is 0.0276. The maximum atomic E-state index is 12.0. The summed E-state index contributed by atoms with van der Waals surface area (Å²) < 4.78 is 20.9. The zero-order valence-electron chi connectivity index (χ0n) is 14.3. The largest absolute Gasteiger partial charge is 0.493 e. The first-order valence-electron chi connectivity index (χ1n) is 7.77. The van der Waals surface area contributed by atoms with Crippen molar-refractivity contribution in [1.29, 1.82) is 0 Å². The van der Waals surface area contributed by atoms with Gasteiger partial charge in [-0.05, 0) is 35.9 Å². The van der Waals surface area contributed by atoms with Crippen molar-refractivity contribution in [2.24, 2.45) is 0 Å². The molecule has 1 aliphatic rings. The van der Waals surface area contributed by atoms with Gasteiger partial charge in [0.05, 0.1) is 19.9 Å². The summed E-state index contributed by atoms with van der Waals surface area (Å²) in [6.45, 7) is -0.0276. The monoisotopic (exact) mass is 355 g/mol. The number of methoxy groups -OCH3 is 2. The second-order valence-corrected chi connectivity index (χ2v) is 5.36. The van der Waals surface area contributed by atoms with Gasteiger partial charge in [0, 0.05) is 12.1 Å². The van der Waals surface area contributed by atoms with Gasteiger partial charge in [-0.3, -0.25) is 4.79 Å². The van der Waals surface area contributed by atoms with Crippen LogP contribution in [0.4, 0.5) is 5.69 Å². The van der Waals surface area contributed by atoms with E-state index in [2.05, 4.69) is 5.32 Å². The normalized spacial score (nSPS) is 12.8. The lowest BCUT2D eigenvalue weighted by molar-refractivity contribution is -0.128. The summed E-state index contributed by atoms with van der Waals surface area (Å²) in [4.78, 5) is 23.4. The zero-order valence-corrected chi connectivity index (χ0v) is 14.3. The first-order valence-corrected chi connectivity index (χ1v) is 7.77. The maximum absolute atomic E-state index is 12.0. The molecule has 0 saturated heterocycles. The number of carbonyl (C=O) groups excluding carboxylic acids is 2. The molecule has 134 valence electrons. The number of ether oxygens (including phenoxy) is 4. The van der Waals surface area contributed by atoms with E-state index in [4.69, 9.17) is 18.9 Å². The fraction of sp³-hybridized carbons (Fsp3) is 0.158.